The Morgan fingerprint density at radius 1 is 1.35 bits per heavy atom. The first-order valence-electron chi connectivity index (χ1n) is 7.93. The zero-order chi connectivity index (χ0) is 13.9. The minimum absolute atomic E-state index is 0.731. The van der Waals surface area contributed by atoms with Crippen LogP contribution in [-0.4, -0.2) is 22.1 Å². The van der Waals surface area contributed by atoms with Crippen molar-refractivity contribution in [3.63, 3.8) is 0 Å². The molecular weight excluding hydrogens is 246 g/mol. The summed E-state index contributed by atoms with van der Waals surface area (Å²) in [5, 5.41) is 3.64. The molecule has 1 aliphatic carbocycles. The van der Waals surface area contributed by atoms with Crippen LogP contribution in [0.2, 0.25) is 0 Å². The fraction of sp³-hybridized carbons (Fsp3) is 0.588. The number of rotatable bonds is 7. The molecule has 1 unspecified atom stereocenters. The van der Waals surface area contributed by atoms with Gasteiger partial charge in [0.15, 0.2) is 0 Å². The molecule has 1 fully saturated rings. The zero-order valence-electron chi connectivity index (χ0n) is 12.6. The average molecular weight is 271 g/mol. The summed E-state index contributed by atoms with van der Waals surface area (Å²) in [7, 11) is 2.13. The van der Waals surface area contributed by atoms with Crippen LogP contribution in [0.4, 0.5) is 0 Å². The first-order valence-corrected chi connectivity index (χ1v) is 7.93. The SMILES string of the molecule is CCNC(CCCc1nc2ccccc2n1C)C1CC1. The smallest absolute Gasteiger partial charge is 0.109 e. The number of nitrogens with one attached hydrogen (secondary N) is 1. The van der Waals surface area contributed by atoms with Crippen LogP contribution in [0.1, 0.15) is 38.4 Å². The van der Waals surface area contributed by atoms with Crippen molar-refractivity contribution in [2.75, 3.05) is 6.54 Å². The van der Waals surface area contributed by atoms with Crippen LogP contribution >= 0.6 is 0 Å². The molecule has 0 radical (unpaired) electrons. The van der Waals surface area contributed by atoms with Crippen molar-refractivity contribution < 1.29 is 0 Å². The van der Waals surface area contributed by atoms with Gasteiger partial charge in [-0.3, -0.25) is 0 Å². The number of para-hydroxylation sites is 2. The highest BCUT2D eigenvalue weighted by atomic mass is 15.1. The molecule has 108 valence electrons. The normalized spacial score (nSPS) is 16.7. The Morgan fingerprint density at radius 3 is 2.85 bits per heavy atom. The van der Waals surface area contributed by atoms with Crippen LogP contribution in [0.3, 0.4) is 0 Å². The van der Waals surface area contributed by atoms with Gasteiger partial charge in [0.2, 0.25) is 0 Å². The van der Waals surface area contributed by atoms with E-state index in [4.69, 9.17) is 4.98 Å². The summed E-state index contributed by atoms with van der Waals surface area (Å²) in [6.45, 7) is 3.30. The van der Waals surface area contributed by atoms with Gasteiger partial charge >= 0.3 is 0 Å². The van der Waals surface area contributed by atoms with Crippen molar-refractivity contribution in [2.24, 2.45) is 13.0 Å². The van der Waals surface area contributed by atoms with Crippen LogP contribution in [0.15, 0.2) is 24.3 Å². The average Bonchev–Trinajstić information content (AvgIpc) is 3.25. The molecule has 1 heterocycles. The van der Waals surface area contributed by atoms with Gasteiger partial charge in [-0.1, -0.05) is 19.1 Å². The molecule has 2 aromatic rings. The minimum Gasteiger partial charge on any atom is -0.331 e. The van der Waals surface area contributed by atoms with E-state index in [0.717, 1.165) is 30.4 Å². The lowest BCUT2D eigenvalue weighted by Crippen LogP contribution is -2.30. The van der Waals surface area contributed by atoms with E-state index in [0.29, 0.717) is 0 Å². The predicted molar refractivity (Wildman–Crippen MR) is 83.8 cm³/mol. The van der Waals surface area contributed by atoms with E-state index < -0.39 is 0 Å². The van der Waals surface area contributed by atoms with Crippen molar-refractivity contribution in [3.05, 3.63) is 30.1 Å². The van der Waals surface area contributed by atoms with Gasteiger partial charge in [-0.25, -0.2) is 4.98 Å². The molecule has 3 nitrogen and oxygen atoms in total. The van der Waals surface area contributed by atoms with Crippen molar-refractivity contribution in [1.82, 2.24) is 14.9 Å². The van der Waals surface area contributed by atoms with E-state index in [9.17, 15) is 0 Å². The molecule has 1 aromatic heterocycles. The van der Waals surface area contributed by atoms with Crippen LogP contribution in [0.25, 0.3) is 11.0 Å². The highest BCUT2D eigenvalue weighted by molar-refractivity contribution is 5.75. The Kier molecular flexibility index (Phi) is 4.06. The Bertz CT molecular complexity index is 569. The summed E-state index contributed by atoms with van der Waals surface area (Å²) in [6.07, 6.45) is 6.43. The lowest BCUT2D eigenvalue weighted by atomic mass is 10.0. The number of hydrogen-bond acceptors (Lipinski definition) is 2. The summed E-state index contributed by atoms with van der Waals surface area (Å²) in [5.74, 6) is 2.16. The third-order valence-electron chi connectivity index (χ3n) is 4.45. The topological polar surface area (TPSA) is 29.9 Å². The maximum absolute atomic E-state index is 4.76. The van der Waals surface area contributed by atoms with Gasteiger partial charge < -0.3 is 9.88 Å². The second-order valence-corrected chi connectivity index (χ2v) is 5.97. The van der Waals surface area contributed by atoms with Crippen LogP contribution in [-0.2, 0) is 13.5 Å². The molecule has 20 heavy (non-hydrogen) atoms. The number of benzene rings is 1. The summed E-state index contributed by atoms with van der Waals surface area (Å²) in [4.78, 5) is 4.76. The molecule has 3 rings (SSSR count). The number of fused-ring (bicyclic) bond motifs is 1. The third kappa shape index (κ3) is 2.88. The standard InChI is InChI=1S/C17H25N3/c1-3-18-14(13-11-12-13)8-6-10-17-19-15-7-4-5-9-16(15)20(17)2/h4-5,7,9,13-14,18H,3,6,8,10-12H2,1-2H3. The van der Waals surface area contributed by atoms with Crippen LogP contribution < -0.4 is 5.32 Å². The molecule has 0 bridgehead atoms. The van der Waals surface area contributed by atoms with E-state index in [1.54, 1.807) is 0 Å². The molecule has 1 aromatic carbocycles. The lowest BCUT2D eigenvalue weighted by Gasteiger charge is -2.16. The van der Waals surface area contributed by atoms with E-state index in [-0.39, 0.29) is 0 Å². The van der Waals surface area contributed by atoms with Crippen LogP contribution in [0.5, 0.6) is 0 Å². The van der Waals surface area contributed by atoms with Crippen LogP contribution in [0, 0.1) is 5.92 Å². The minimum atomic E-state index is 0.731. The molecule has 0 aliphatic heterocycles. The van der Waals surface area contributed by atoms with Gasteiger partial charge in [-0.05, 0) is 50.3 Å². The van der Waals surface area contributed by atoms with Gasteiger partial charge in [0.25, 0.3) is 0 Å². The Hall–Kier alpha value is -1.35. The largest absolute Gasteiger partial charge is 0.331 e. The van der Waals surface area contributed by atoms with Crippen molar-refractivity contribution >= 4 is 11.0 Å². The van der Waals surface area contributed by atoms with E-state index in [1.807, 2.05) is 0 Å². The van der Waals surface area contributed by atoms with Gasteiger partial charge in [-0.15, -0.1) is 0 Å². The van der Waals surface area contributed by atoms with E-state index >= 15 is 0 Å². The molecule has 1 N–H and O–H groups in total. The summed E-state index contributed by atoms with van der Waals surface area (Å²) in [6, 6.07) is 9.13. The summed E-state index contributed by atoms with van der Waals surface area (Å²) < 4.78 is 2.24. The highest BCUT2D eigenvalue weighted by Gasteiger charge is 2.29. The highest BCUT2D eigenvalue weighted by Crippen LogP contribution is 2.34. The number of aromatic nitrogens is 2. The fourth-order valence-electron chi connectivity index (χ4n) is 3.16. The quantitative estimate of drug-likeness (QED) is 0.837. The Balaban J connectivity index is 1.60. The maximum Gasteiger partial charge on any atom is 0.109 e. The number of nitrogens with zero attached hydrogens (tertiary/aromatic N) is 2. The predicted octanol–water partition coefficient (Wildman–Crippen LogP) is 3.28. The van der Waals surface area contributed by atoms with Crippen molar-refractivity contribution in [1.29, 1.82) is 0 Å². The molecule has 0 amide bonds. The molecule has 1 atom stereocenters. The molecule has 3 heteroatoms. The molecule has 1 aliphatic rings. The number of aryl methyl sites for hydroxylation is 2. The second-order valence-electron chi connectivity index (χ2n) is 5.97. The lowest BCUT2D eigenvalue weighted by molar-refractivity contribution is 0.432. The van der Waals surface area contributed by atoms with E-state index in [2.05, 4.69) is 48.1 Å². The van der Waals surface area contributed by atoms with Gasteiger partial charge in [0.05, 0.1) is 11.0 Å². The second kappa shape index (κ2) is 5.96. The summed E-state index contributed by atoms with van der Waals surface area (Å²) >= 11 is 0. The van der Waals surface area contributed by atoms with Crippen molar-refractivity contribution in [2.45, 2.75) is 45.1 Å². The Labute approximate surface area is 121 Å². The molecule has 1 saturated carbocycles. The first kappa shape index (κ1) is 13.6. The monoisotopic (exact) mass is 271 g/mol. The molecular formula is C17H25N3. The van der Waals surface area contributed by atoms with Gasteiger partial charge in [0.1, 0.15) is 5.82 Å². The first-order chi connectivity index (χ1) is 9.79. The van der Waals surface area contributed by atoms with E-state index in [1.165, 1.54) is 37.0 Å². The zero-order valence-corrected chi connectivity index (χ0v) is 12.6. The number of hydrogen-bond donors (Lipinski definition) is 1. The molecule has 0 spiro atoms. The number of imidazole rings is 1. The molecule has 0 saturated heterocycles. The maximum atomic E-state index is 4.76. The fourth-order valence-corrected chi connectivity index (χ4v) is 3.16. The van der Waals surface area contributed by atoms with Gasteiger partial charge in [0, 0.05) is 19.5 Å². The van der Waals surface area contributed by atoms with Gasteiger partial charge in [-0.2, -0.15) is 0 Å². The van der Waals surface area contributed by atoms with Crippen molar-refractivity contribution in [3.8, 4) is 0 Å². The third-order valence-corrected chi connectivity index (χ3v) is 4.45. The summed E-state index contributed by atoms with van der Waals surface area (Å²) in [5.41, 5.74) is 2.36. The Morgan fingerprint density at radius 2 is 2.15 bits per heavy atom.